The van der Waals surface area contributed by atoms with Crippen molar-refractivity contribution in [1.82, 2.24) is 20.2 Å². The van der Waals surface area contributed by atoms with E-state index in [1.807, 2.05) is 0 Å². The number of ether oxygens (including phenoxy) is 1. The number of carbonyl (C=O) groups excluding carboxylic acids is 2. The number of carbonyl (C=O) groups is 2. The van der Waals surface area contributed by atoms with E-state index in [-0.39, 0.29) is 24.6 Å². The van der Waals surface area contributed by atoms with Crippen molar-refractivity contribution in [3.63, 3.8) is 0 Å². The van der Waals surface area contributed by atoms with Crippen LogP contribution in [0, 0.1) is 0 Å². The van der Waals surface area contributed by atoms with E-state index in [4.69, 9.17) is 4.74 Å². The number of rotatable bonds is 7. The summed E-state index contributed by atoms with van der Waals surface area (Å²) in [7, 11) is 1.67. The van der Waals surface area contributed by atoms with Gasteiger partial charge in [-0.25, -0.2) is 0 Å². The van der Waals surface area contributed by atoms with Crippen LogP contribution in [0.4, 0.5) is 0 Å². The van der Waals surface area contributed by atoms with Crippen LogP contribution in [0.1, 0.15) is 32.0 Å². The third kappa shape index (κ3) is 5.19. The molecule has 0 bridgehead atoms. The Balaban J connectivity index is 2.19. The number of ketones is 1. The lowest BCUT2D eigenvalue weighted by atomic mass is 10.1. The highest BCUT2D eigenvalue weighted by molar-refractivity contribution is 5.82. The molecule has 1 rings (SSSR count). The van der Waals surface area contributed by atoms with E-state index in [1.54, 1.807) is 14.0 Å². The van der Waals surface area contributed by atoms with Gasteiger partial charge in [0, 0.05) is 19.3 Å². The molecule has 0 saturated heterocycles. The number of esters is 1. The largest absolute Gasteiger partial charge is 0.466 e. The van der Waals surface area contributed by atoms with Crippen LogP contribution in [0.25, 0.3) is 0 Å². The van der Waals surface area contributed by atoms with Gasteiger partial charge >= 0.3 is 5.97 Å². The number of aromatic nitrogens is 4. The molecule has 0 fully saturated rings. The molecule has 1 heterocycles. The zero-order valence-electron chi connectivity index (χ0n) is 10.0. The van der Waals surface area contributed by atoms with Gasteiger partial charge in [-0.15, -0.1) is 10.2 Å². The lowest BCUT2D eigenvalue weighted by molar-refractivity contribution is -0.144. The molecule has 17 heavy (non-hydrogen) atoms. The van der Waals surface area contributed by atoms with Crippen LogP contribution in [0.15, 0.2) is 0 Å². The molecular formula is C10H16N4O3. The van der Waals surface area contributed by atoms with E-state index in [1.165, 1.54) is 4.80 Å². The second kappa shape index (κ2) is 6.72. The van der Waals surface area contributed by atoms with Gasteiger partial charge in [0.1, 0.15) is 5.78 Å². The zero-order valence-corrected chi connectivity index (χ0v) is 10.0. The molecule has 0 aliphatic rings. The van der Waals surface area contributed by atoms with Gasteiger partial charge in [0.05, 0.1) is 20.1 Å². The highest BCUT2D eigenvalue weighted by atomic mass is 16.5. The van der Waals surface area contributed by atoms with Crippen molar-refractivity contribution in [3.05, 3.63) is 5.82 Å². The number of tetrazole rings is 1. The Morgan fingerprint density at radius 3 is 2.65 bits per heavy atom. The molecule has 7 nitrogen and oxygen atoms in total. The highest BCUT2D eigenvalue weighted by Crippen LogP contribution is 2.01. The maximum atomic E-state index is 11.4. The average molecular weight is 240 g/mol. The van der Waals surface area contributed by atoms with Crippen LogP contribution in [-0.4, -0.2) is 38.6 Å². The maximum absolute atomic E-state index is 11.4. The summed E-state index contributed by atoms with van der Waals surface area (Å²) in [5.41, 5.74) is 0. The Bertz CT molecular complexity index is 389. The Morgan fingerprint density at radius 2 is 2.06 bits per heavy atom. The highest BCUT2D eigenvalue weighted by Gasteiger charge is 2.09. The predicted octanol–water partition coefficient (Wildman–Crippen LogP) is 0.0551. The van der Waals surface area contributed by atoms with Gasteiger partial charge < -0.3 is 4.74 Å². The Kier molecular flexibility index (Phi) is 5.25. The number of nitrogens with zero attached hydrogens (tertiary/aromatic N) is 4. The SMILES string of the molecule is CCOC(=O)CCC(=O)CCc1nnn(C)n1. The van der Waals surface area contributed by atoms with E-state index < -0.39 is 0 Å². The fraction of sp³-hybridized carbons (Fsp3) is 0.700. The van der Waals surface area contributed by atoms with Gasteiger partial charge in [-0.05, 0) is 12.1 Å². The van der Waals surface area contributed by atoms with Gasteiger partial charge in [-0.2, -0.15) is 4.80 Å². The number of Topliss-reactive ketones (excluding diaryl/α,β-unsaturated/α-hetero) is 1. The van der Waals surface area contributed by atoms with Crippen molar-refractivity contribution in [2.24, 2.45) is 7.05 Å². The van der Waals surface area contributed by atoms with Crippen molar-refractivity contribution < 1.29 is 14.3 Å². The van der Waals surface area contributed by atoms with Crippen LogP contribution < -0.4 is 0 Å². The molecule has 94 valence electrons. The summed E-state index contributed by atoms with van der Waals surface area (Å²) in [6.07, 6.45) is 1.13. The third-order valence-electron chi connectivity index (χ3n) is 2.09. The summed E-state index contributed by atoms with van der Waals surface area (Å²) < 4.78 is 4.73. The minimum Gasteiger partial charge on any atom is -0.466 e. The maximum Gasteiger partial charge on any atom is 0.306 e. The van der Waals surface area contributed by atoms with Crippen molar-refractivity contribution in [2.45, 2.75) is 32.6 Å². The molecule has 0 saturated carbocycles. The topological polar surface area (TPSA) is 87.0 Å². The molecule has 7 heteroatoms. The third-order valence-corrected chi connectivity index (χ3v) is 2.09. The van der Waals surface area contributed by atoms with Gasteiger partial charge in [0.15, 0.2) is 5.82 Å². The van der Waals surface area contributed by atoms with E-state index in [0.717, 1.165) is 0 Å². The minimum atomic E-state index is -0.335. The van der Waals surface area contributed by atoms with Gasteiger partial charge in [0.25, 0.3) is 0 Å². The molecule has 0 aliphatic carbocycles. The average Bonchev–Trinajstić information content (AvgIpc) is 2.70. The number of aryl methyl sites for hydroxylation is 2. The normalized spacial score (nSPS) is 10.2. The predicted molar refractivity (Wildman–Crippen MR) is 58.0 cm³/mol. The van der Waals surface area contributed by atoms with Gasteiger partial charge in [-0.3, -0.25) is 9.59 Å². The molecule has 0 N–H and O–H groups in total. The van der Waals surface area contributed by atoms with E-state index in [9.17, 15) is 9.59 Å². The second-order valence-corrected chi connectivity index (χ2v) is 3.54. The summed E-state index contributed by atoms with van der Waals surface area (Å²) in [5.74, 6) is 0.209. The van der Waals surface area contributed by atoms with Crippen LogP contribution >= 0.6 is 0 Å². The van der Waals surface area contributed by atoms with Crippen molar-refractivity contribution >= 4 is 11.8 Å². The lowest BCUT2D eigenvalue weighted by Gasteiger charge is -2.00. The van der Waals surface area contributed by atoms with Crippen LogP contribution in [-0.2, 0) is 27.8 Å². The molecule has 0 aromatic carbocycles. The fourth-order valence-electron chi connectivity index (χ4n) is 1.27. The van der Waals surface area contributed by atoms with Crippen molar-refractivity contribution in [1.29, 1.82) is 0 Å². The fourth-order valence-corrected chi connectivity index (χ4v) is 1.27. The first kappa shape index (κ1) is 13.3. The van der Waals surface area contributed by atoms with E-state index in [0.29, 0.717) is 25.3 Å². The monoisotopic (exact) mass is 240 g/mol. The number of hydrogen-bond acceptors (Lipinski definition) is 6. The van der Waals surface area contributed by atoms with E-state index >= 15 is 0 Å². The van der Waals surface area contributed by atoms with E-state index in [2.05, 4.69) is 15.4 Å². The first-order chi connectivity index (χ1) is 8.11. The molecule has 0 radical (unpaired) electrons. The second-order valence-electron chi connectivity index (χ2n) is 3.54. The first-order valence-electron chi connectivity index (χ1n) is 5.52. The van der Waals surface area contributed by atoms with Crippen LogP contribution in [0.2, 0.25) is 0 Å². The molecule has 0 spiro atoms. The Labute approximate surface area is 99.1 Å². The Hall–Kier alpha value is -1.79. The number of hydrogen-bond donors (Lipinski definition) is 0. The standard InChI is InChI=1S/C10H16N4O3/c1-3-17-10(16)7-5-8(15)4-6-9-11-13-14(2)12-9/h3-7H2,1-2H3. The summed E-state index contributed by atoms with van der Waals surface area (Å²) >= 11 is 0. The summed E-state index contributed by atoms with van der Waals surface area (Å²) in [4.78, 5) is 23.8. The molecule has 1 aromatic heterocycles. The molecule has 0 unspecified atom stereocenters. The summed E-state index contributed by atoms with van der Waals surface area (Å²) in [6, 6.07) is 0. The molecule has 1 aromatic rings. The smallest absolute Gasteiger partial charge is 0.306 e. The summed E-state index contributed by atoms with van der Waals surface area (Å²) in [5, 5.41) is 11.4. The Morgan fingerprint density at radius 1 is 1.29 bits per heavy atom. The molecule has 0 atom stereocenters. The van der Waals surface area contributed by atoms with Crippen molar-refractivity contribution in [3.8, 4) is 0 Å². The molecular weight excluding hydrogens is 224 g/mol. The van der Waals surface area contributed by atoms with Gasteiger partial charge in [0.2, 0.25) is 0 Å². The first-order valence-corrected chi connectivity index (χ1v) is 5.52. The quantitative estimate of drug-likeness (QED) is 0.626. The molecule has 0 amide bonds. The summed E-state index contributed by atoms with van der Waals surface area (Å²) in [6.45, 7) is 2.08. The van der Waals surface area contributed by atoms with Crippen LogP contribution in [0.5, 0.6) is 0 Å². The van der Waals surface area contributed by atoms with Crippen LogP contribution in [0.3, 0.4) is 0 Å². The molecule has 0 aliphatic heterocycles. The zero-order chi connectivity index (χ0) is 12.7. The minimum absolute atomic E-state index is 0.00510. The van der Waals surface area contributed by atoms with Gasteiger partial charge in [-0.1, -0.05) is 0 Å². The van der Waals surface area contributed by atoms with Crippen molar-refractivity contribution in [2.75, 3.05) is 6.61 Å². The lowest BCUT2D eigenvalue weighted by Crippen LogP contribution is -2.08.